The molecule has 318 valence electrons. The van der Waals surface area contributed by atoms with E-state index in [2.05, 4.69) is 22.5 Å². The molecule has 1 aliphatic carbocycles. The zero-order chi connectivity index (χ0) is 42.3. The van der Waals surface area contributed by atoms with Crippen LogP contribution in [0.15, 0.2) is 42.9 Å². The molecule has 3 rings (SSSR count). The molecule has 0 radical (unpaired) electrons. The number of imidazole rings is 1. The van der Waals surface area contributed by atoms with Crippen molar-refractivity contribution >= 4 is 29.5 Å². The van der Waals surface area contributed by atoms with E-state index in [1.807, 2.05) is 65.0 Å². The van der Waals surface area contributed by atoms with Gasteiger partial charge in [-0.2, -0.15) is 0 Å². The molecule has 0 unspecified atom stereocenters. The average molecular weight is 793 g/mol. The minimum Gasteiger partial charge on any atom is -0.443 e. The van der Waals surface area contributed by atoms with Crippen LogP contribution in [0.2, 0.25) is 0 Å². The fourth-order valence-corrected chi connectivity index (χ4v) is 7.66. The summed E-state index contributed by atoms with van der Waals surface area (Å²) in [6.07, 6.45) is 10.5. The minimum absolute atomic E-state index is 0.0114. The predicted octanol–water partition coefficient (Wildman–Crippen LogP) is 8.19. The number of Topliss-reactive ketones (excluding diaryl/α,β-unsaturated/α-hetero) is 2. The third-order valence-electron chi connectivity index (χ3n) is 11.2. The Kier molecular flexibility index (Phi) is 18.6. The van der Waals surface area contributed by atoms with Gasteiger partial charge < -0.3 is 20.5 Å². The zero-order valence-electron chi connectivity index (χ0n) is 36.3. The van der Waals surface area contributed by atoms with Crippen molar-refractivity contribution in [2.24, 2.45) is 29.1 Å². The Labute approximate surface area is 341 Å². The minimum atomic E-state index is -1.20. The molecule has 1 fully saturated rings. The van der Waals surface area contributed by atoms with Crippen LogP contribution in [0.3, 0.4) is 0 Å². The number of benzene rings is 1. The molecule has 1 aromatic carbocycles. The van der Waals surface area contributed by atoms with Crippen molar-refractivity contribution in [3.8, 4) is 0 Å². The first-order valence-corrected chi connectivity index (χ1v) is 21.4. The van der Waals surface area contributed by atoms with Crippen molar-refractivity contribution in [2.45, 2.75) is 176 Å². The predicted molar refractivity (Wildman–Crippen MR) is 223 cm³/mol. The number of amides is 2. The summed E-state index contributed by atoms with van der Waals surface area (Å²) in [5.41, 5.74) is -0.249. The van der Waals surface area contributed by atoms with E-state index < -0.39 is 53.0 Å². The van der Waals surface area contributed by atoms with Crippen LogP contribution in [-0.2, 0) is 36.8 Å². The summed E-state index contributed by atoms with van der Waals surface area (Å²) in [4.78, 5) is 73.2. The highest BCUT2D eigenvalue weighted by Gasteiger charge is 2.36. The van der Waals surface area contributed by atoms with E-state index in [-0.39, 0.29) is 55.0 Å². The molecule has 0 bridgehead atoms. The van der Waals surface area contributed by atoms with E-state index >= 15 is 0 Å². The molecule has 1 heterocycles. The van der Waals surface area contributed by atoms with Gasteiger partial charge in [0, 0.05) is 42.7 Å². The summed E-state index contributed by atoms with van der Waals surface area (Å²) < 4.78 is 6.84. The third-order valence-corrected chi connectivity index (χ3v) is 11.2. The van der Waals surface area contributed by atoms with Gasteiger partial charge in [-0.25, -0.2) is 14.3 Å². The standard InChI is InChI=1S/C46H72N4O7/c1-10-11-14-23-39(51)36(31(2)3)28-40(52)37(25-33-21-17-13-18-22-33)48-43(55)38(27-35-29-47-30-50(35)44(56)57-46(7,8)9)49-42(54)34(26-41(53)45(4,5)6)24-32-19-15-12-16-20-32/h12,15-16,19-20,29-31,33-34,36-38,40,52H,10-11,13-14,17-18,21-28H2,1-9H3,(H,48,55)(H,49,54)/t34-,36+,37+,38+,40+/m1/s1. The number of nitrogens with one attached hydrogen (secondary N) is 2. The monoisotopic (exact) mass is 793 g/mol. The first-order valence-electron chi connectivity index (χ1n) is 21.4. The van der Waals surface area contributed by atoms with Gasteiger partial charge in [-0.3, -0.25) is 19.2 Å². The maximum Gasteiger partial charge on any atom is 0.420 e. The molecule has 0 saturated heterocycles. The number of carbonyl (C=O) groups is 5. The Morgan fingerprint density at radius 3 is 2.18 bits per heavy atom. The lowest BCUT2D eigenvalue weighted by atomic mass is 9.79. The topological polar surface area (TPSA) is 157 Å². The molecular formula is C46H72N4O7. The fourth-order valence-electron chi connectivity index (χ4n) is 7.66. The lowest BCUT2D eigenvalue weighted by molar-refractivity contribution is -0.135. The van der Waals surface area contributed by atoms with E-state index in [4.69, 9.17) is 4.74 Å². The van der Waals surface area contributed by atoms with Gasteiger partial charge in [-0.05, 0) is 63.9 Å². The van der Waals surface area contributed by atoms with Gasteiger partial charge in [0.15, 0.2) is 0 Å². The molecule has 3 N–H and O–H groups in total. The Bertz CT molecular complexity index is 1580. The van der Waals surface area contributed by atoms with Crippen molar-refractivity contribution in [1.29, 1.82) is 0 Å². The molecule has 5 atom stereocenters. The third kappa shape index (κ3) is 16.1. The van der Waals surface area contributed by atoms with E-state index in [0.717, 1.165) is 56.9 Å². The number of rotatable bonds is 21. The van der Waals surface area contributed by atoms with Crippen molar-refractivity contribution in [1.82, 2.24) is 20.2 Å². The van der Waals surface area contributed by atoms with Gasteiger partial charge in [-0.1, -0.05) is 117 Å². The SMILES string of the molecule is CCCCCC(=O)[C@@H](C[C@H](O)[C@H](CC1CCCCC1)NC(=O)[C@H](Cc1cncn1C(=O)OC(C)(C)C)NC(=O)[C@@H](CC(=O)C(C)(C)C)Cc1ccccc1)C(C)C. The molecule has 11 nitrogen and oxygen atoms in total. The number of hydrogen-bond donors (Lipinski definition) is 3. The Hall–Kier alpha value is -3.86. The summed E-state index contributed by atoms with van der Waals surface area (Å²) in [6, 6.07) is 7.58. The highest BCUT2D eigenvalue weighted by atomic mass is 16.6. The Morgan fingerprint density at radius 2 is 1.58 bits per heavy atom. The van der Waals surface area contributed by atoms with Crippen LogP contribution in [0.4, 0.5) is 4.79 Å². The summed E-state index contributed by atoms with van der Waals surface area (Å²) in [5, 5.41) is 18.0. The lowest BCUT2D eigenvalue weighted by Gasteiger charge is -2.33. The number of carbonyl (C=O) groups excluding carboxylic acids is 5. The van der Waals surface area contributed by atoms with E-state index in [1.165, 1.54) is 17.1 Å². The number of unbranched alkanes of at least 4 members (excludes halogenated alkanes) is 2. The average Bonchev–Trinajstić information content (AvgIpc) is 3.61. The second kappa shape index (κ2) is 22.3. The number of ketones is 2. The van der Waals surface area contributed by atoms with Crippen LogP contribution in [0.5, 0.6) is 0 Å². The molecule has 1 saturated carbocycles. The maximum absolute atomic E-state index is 14.6. The van der Waals surface area contributed by atoms with Crippen molar-refractivity contribution in [2.75, 3.05) is 0 Å². The lowest BCUT2D eigenvalue weighted by Crippen LogP contribution is -2.55. The molecule has 2 amide bonds. The Morgan fingerprint density at radius 1 is 0.912 bits per heavy atom. The van der Waals surface area contributed by atoms with Crippen LogP contribution in [0, 0.1) is 29.1 Å². The summed E-state index contributed by atoms with van der Waals surface area (Å²) in [6.45, 7) is 16.8. The maximum atomic E-state index is 14.6. The molecule has 57 heavy (non-hydrogen) atoms. The zero-order valence-corrected chi connectivity index (χ0v) is 36.3. The molecule has 2 aromatic rings. The van der Waals surface area contributed by atoms with Crippen molar-refractivity contribution in [3.63, 3.8) is 0 Å². The van der Waals surface area contributed by atoms with Crippen molar-refractivity contribution < 1.29 is 33.8 Å². The fraction of sp³-hybridized carbons (Fsp3) is 0.696. The molecule has 11 heteroatoms. The number of aliphatic hydroxyl groups is 1. The number of aliphatic hydroxyl groups excluding tert-OH is 1. The van der Waals surface area contributed by atoms with E-state index in [0.29, 0.717) is 18.5 Å². The number of ether oxygens (including phenoxy) is 1. The van der Waals surface area contributed by atoms with Gasteiger partial charge in [0.1, 0.15) is 29.5 Å². The van der Waals surface area contributed by atoms with Crippen LogP contribution >= 0.6 is 0 Å². The number of aromatic nitrogens is 2. The number of hydrogen-bond acceptors (Lipinski definition) is 8. The van der Waals surface area contributed by atoms with E-state index in [9.17, 15) is 29.1 Å². The van der Waals surface area contributed by atoms with Gasteiger partial charge in [0.05, 0.1) is 17.8 Å². The molecule has 1 aliphatic rings. The summed E-state index contributed by atoms with van der Waals surface area (Å²) in [7, 11) is 0. The smallest absolute Gasteiger partial charge is 0.420 e. The molecule has 1 aromatic heterocycles. The van der Waals surface area contributed by atoms with Crippen LogP contribution in [0.1, 0.15) is 151 Å². The molecular weight excluding hydrogens is 721 g/mol. The van der Waals surface area contributed by atoms with Crippen molar-refractivity contribution in [3.05, 3.63) is 54.1 Å². The van der Waals surface area contributed by atoms with Gasteiger partial charge in [-0.15, -0.1) is 0 Å². The van der Waals surface area contributed by atoms with Crippen LogP contribution in [-0.4, -0.2) is 67.9 Å². The largest absolute Gasteiger partial charge is 0.443 e. The first kappa shape index (κ1) is 47.5. The normalized spacial score (nSPS) is 16.6. The second-order valence-electron chi connectivity index (χ2n) is 18.7. The van der Waals surface area contributed by atoms with Gasteiger partial charge >= 0.3 is 6.09 Å². The molecule has 0 spiro atoms. The highest BCUT2D eigenvalue weighted by molar-refractivity contribution is 5.92. The molecule has 0 aliphatic heterocycles. The second-order valence-corrected chi connectivity index (χ2v) is 18.7. The van der Waals surface area contributed by atoms with Crippen LogP contribution in [0.25, 0.3) is 0 Å². The van der Waals surface area contributed by atoms with Gasteiger partial charge in [0.25, 0.3) is 0 Å². The highest BCUT2D eigenvalue weighted by Crippen LogP contribution is 2.31. The summed E-state index contributed by atoms with van der Waals surface area (Å²) >= 11 is 0. The van der Waals surface area contributed by atoms with E-state index in [1.54, 1.807) is 20.8 Å². The quantitative estimate of drug-likeness (QED) is 0.107. The first-order chi connectivity index (χ1) is 26.8. The van der Waals surface area contributed by atoms with Crippen LogP contribution < -0.4 is 10.6 Å². The Balaban J connectivity index is 2.00. The van der Waals surface area contributed by atoms with Gasteiger partial charge in [0.2, 0.25) is 11.8 Å². The summed E-state index contributed by atoms with van der Waals surface area (Å²) in [5.74, 6) is -1.79. The number of nitrogens with zero attached hydrogens (tertiary/aromatic N) is 2.